The van der Waals surface area contributed by atoms with Crippen LogP contribution >= 0.6 is 11.6 Å². The maximum atomic E-state index is 12.6. The van der Waals surface area contributed by atoms with Crippen LogP contribution in [0, 0.1) is 17.0 Å². The van der Waals surface area contributed by atoms with Gasteiger partial charge in [-0.1, -0.05) is 41.9 Å². The van der Waals surface area contributed by atoms with Gasteiger partial charge in [-0.2, -0.15) is 0 Å². The summed E-state index contributed by atoms with van der Waals surface area (Å²) in [5.74, 6) is -0.235. The van der Waals surface area contributed by atoms with Crippen molar-refractivity contribution in [3.8, 4) is 22.6 Å². The summed E-state index contributed by atoms with van der Waals surface area (Å²) >= 11 is 6.30. The lowest BCUT2D eigenvalue weighted by atomic mass is 10.0. The van der Waals surface area contributed by atoms with E-state index in [1.54, 1.807) is 13.8 Å². The molecule has 0 fully saturated rings. The number of nitro benzene ring substituents is 1. The second-order valence-electron chi connectivity index (χ2n) is 5.86. The Hall–Kier alpha value is -3.32. The molecule has 0 N–H and O–H groups in total. The molecule has 142 valence electrons. The van der Waals surface area contributed by atoms with Crippen LogP contribution < -0.4 is 0 Å². The Morgan fingerprint density at radius 3 is 2.54 bits per heavy atom. The number of aryl methyl sites for hydroxylation is 1. The minimum atomic E-state index is -0.614. The number of carbonyl (C=O) groups is 1. The molecule has 0 unspecified atom stereocenters. The Balaban J connectivity index is 2.30. The number of non-ortho nitro benzene ring substituents is 1. The van der Waals surface area contributed by atoms with Crippen molar-refractivity contribution >= 4 is 23.3 Å². The highest BCUT2D eigenvalue weighted by Crippen LogP contribution is 2.34. The molecule has 3 aromatic rings. The predicted octanol–water partition coefficient (Wildman–Crippen LogP) is 4.86. The number of esters is 1. The van der Waals surface area contributed by atoms with Crippen LogP contribution in [0.4, 0.5) is 5.69 Å². The van der Waals surface area contributed by atoms with Crippen LogP contribution in [0.5, 0.6) is 0 Å². The first-order valence-electron chi connectivity index (χ1n) is 8.47. The Kier molecular flexibility index (Phi) is 5.65. The van der Waals surface area contributed by atoms with Crippen LogP contribution in [0.25, 0.3) is 22.6 Å². The van der Waals surface area contributed by atoms with Crippen LogP contribution in [0.2, 0.25) is 5.02 Å². The van der Waals surface area contributed by atoms with Gasteiger partial charge in [0.05, 0.1) is 27.9 Å². The molecule has 0 saturated carbocycles. The topological polar surface area (TPSA) is 95.2 Å². The van der Waals surface area contributed by atoms with Crippen LogP contribution in [0.1, 0.15) is 23.0 Å². The van der Waals surface area contributed by atoms with Gasteiger partial charge >= 0.3 is 5.97 Å². The van der Waals surface area contributed by atoms with Gasteiger partial charge in [0.1, 0.15) is 5.56 Å². The Bertz CT molecular complexity index is 1050. The number of nitro groups is 1. The van der Waals surface area contributed by atoms with E-state index in [4.69, 9.17) is 16.3 Å². The van der Waals surface area contributed by atoms with Gasteiger partial charge < -0.3 is 4.74 Å². The summed E-state index contributed by atoms with van der Waals surface area (Å²) in [6, 6.07) is 13.2. The van der Waals surface area contributed by atoms with Crippen molar-refractivity contribution in [3.05, 3.63) is 74.9 Å². The summed E-state index contributed by atoms with van der Waals surface area (Å²) in [5, 5.41) is 11.4. The zero-order chi connectivity index (χ0) is 20.3. The third-order valence-corrected chi connectivity index (χ3v) is 4.35. The van der Waals surface area contributed by atoms with E-state index in [0.29, 0.717) is 11.5 Å². The van der Waals surface area contributed by atoms with Crippen LogP contribution in [0.15, 0.2) is 48.5 Å². The summed E-state index contributed by atoms with van der Waals surface area (Å²) in [4.78, 5) is 32.2. The number of hydrogen-bond acceptors (Lipinski definition) is 6. The average molecular weight is 398 g/mol. The highest BCUT2D eigenvalue weighted by atomic mass is 35.5. The van der Waals surface area contributed by atoms with E-state index < -0.39 is 10.9 Å². The van der Waals surface area contributed by atoms with Gasteiger partial charge in [-0.05, 0) is 19.9 Å². The fraction of sp³-hybridized carbons (Fsp3) is 0.150. The van der Waals surface area contributed by atoms with Gasteiger partial charge in [0.25, 0.3) is 5.69 Å². The van der Waals surface area contributed by atoms with Gasteiger partial charge in [0.2, 0.25) is 0 Å². The SMILES string of the molecule is CCOC(=O)c1c(C)nc(-c2ccccc2)nc1-c1cc([N+](=O)[O-])ccc1Cl. The number of ether oxygens (including phenoxy) is 1. The number of benzene rings is 2. The van der Waals surface area contributed by atoms with Crippen molar-refractivity contribution in [2.24, 2.45) is 0 Å². The van der Waals surface area contributed by atoms with E-state index in [-0.39, 0.29) is 34.1 Å². The van der Waals surface area contributed by atoms with Crippen molar-refractivity contribution in [2.45, 2.75) is 13.8 Å². The van der Waals surface area contributed by atoms with Crippen molar-refractivity contribution in [1.29, 1.82) is 0 Å². The van der Waals surface area contributed by atoms with Gasteiger partial charge in [0, 0.05) is 23.3 Å². The van der Waals surface area contributed by atoms with Gasteiger partial charge in [0.15, 0.2) is 5.82 Å². The summed E-state index contributed by atoms with van der Waals surface area (Å²) < 4.78 is 5.14. The third kappa shape index (κ3) is 3.84. The molecule has 0 aliphatic carbocycles. The fourth-order valence-corrected chi connectivity index (χ4v) is 2.95. The van der Waals surface area contributed by atoms with E-state index in [2.05, 4.69) is 9.97 Å². The standard InChI is InChI=1S/C20H16ClN3O4/c1-3-28-20(25)17-12(2)22-19(13-7-5-4-6-8-13)23-18(17)15-11-14(24(26)27)9-10-16(15)21/h4-11H,3H2,1-2H3. The molecule has 0 atom stereocenters. The summed E-state index contributed by atoms with van der Waals surface area (Å²) in [5.41, 5.74) is 1.56. The van der Waals surface area contributed by atoms with Gasteiger partial charge in [-0.25, -0.2) is 14.8 Å². The first kappa shape index (κ1) is 19.4. The van der Waals surface area contributed by atoms with E-state index in [9.17, 15) is 14.9 Å². The molecule has 0 aliphatic heterocycles. The summed E-state index contributed by atoms with van der Waals surface area (Å²) in [6.07, 6.45) is 0. The highest BCUT2D eigenvalue weighted by Gasteiger charge is 2.24. The molecular formula is C20H16ClN3O4. The molecule has 1 aromatic heterocycles. The molecule has 0 bridgehead atoms. The molecule has 0 aliphatic rings. The molecular weight excluding hydrogens is 382 g/mol. The highest BCUT2D eigenvalue weighted by molar-refractivity contribution is 6.33. The van der Waals surface area contributed by atoms with Crippen molar-refractivity contribution < 1.29 is 14.5 Å². The number of halogens is 1. The smallest absolute Gasteiger partial charge is 0.342 e. The Labute approximate surface area is 166 Å². The van der Waals surface area contributed by atoms with Crippen molar-refractivity contribution in [3.63, 3.8) is 0 Å². The lowest BCUT2D eigenvalue weighted by Gasteiger charge is -2.14. The van der Waals surface area contributed by atoms with Crippen LogP contribution in [0.3, 0.4) is 0 Å². The largest absolute Gasteiger partial charge is 0.462 e. The molecule has 1 heterocycles. The second kappa shape index (κ2) is 8.14. The zero-order valence-electron chi connectivity index (χ0n) is 15.2. The second-order valence-corrected chi connectivity index (χ2v) is 6.27. The molecule has 28 heavy (non-hydrogen) atoms. The number of hydrogen-bond donors (Lipinski definition) is 0. The lowest BCUT2D eigenvalue weighted by Crippen LogP contribution is -2.12. The van der Waals surface area contributed by atoms with Crippen molar-refractivity contribution in [2.75, 3.05) is 6.61 Å². The van der Waals surface area contributed by atoms with E-state index >= 15 is 0 Å². The monoisotopic (exact) mass is 397 g/mol. The van der Waals surface area contributed by atoms with E-state index in [1.165, 1.54) is 18.2 Å². The maximum absolute atomic E-state index is 12.6. The summed E-state index contributed by atoms with van der Waals surface area (Å²) in [7, 11) is 0. The minimum absolute atomic E-state index is 0.129. The molecule has 0 saturated heterocycles. The van der Waals surface area contributed by atoms with E-state index in [1.807, 2.05) is 30.3 Å². The molecule has 3 rings (SSSR count). The molecule has 0 radical (unpaired) electrons. The van der Waals surface area contributed by atoms with Crippen molar-refractivity contribution in [1.82, 2.24) is 9.97 Å². The predicted molar refractivity (Wildman–Crippen MR) is 105 cm³/mol. The molecule has 0 amide bonds. The number of nitrogens with zero attached hydrogens (tertiary/aromatic N) is 3. The van der Waals surface area contributed by atoms with Gasteiger partial charge in [-0.15, -0.1) is 0 Å². The number of aromatic nitrogens is 2. The Morgan fingerprint density at radius 2 is 1.89 bits per heavy atom. The Morgan fingerprint density at radius 1 is 1.18 bits per heavy atom. The first-order valence-corrected chi connectivity index (χ1v) is 8.85. The third-order valence-electron chi connectivity index (χ3n) is 4.02. The fourth-order valence-electron chi connectivity index (χ4n) is 2.74. The van der Waals surface area contributed by atoms with Crippen LogP contribution in [-0.4, -0.2) is 27.5 Å². The quantitative estimate of drug-likeness (QED) is 0.346. The van der Waals surface area contributed by atoms with Gasteiger partial charge in [-0.3, -0.25) is 10.1 Å². The number of rotatable bonds is 5. The van der Waals surface area contributed by atoms with Crippen LogP contribution in [-0.2, 0) is 4.74 Å². The first-order chi connectivity index (χ1) is 13.4. The normalized spacial score (nSPS) is 10.5. The molecule has 2 aromatic carbocycles. The van der Waals surface area contributed by atoms with E-state index in [0.717, 1.165) is 5.56 Å². The number of carbonyl (C=O) groups excluding carboxylic acids is 1. The zero-order valence-corrected chi connectivity index (χ0v) is 15.9. The maximum Gasteiger partial charge on any atom is 0.342 e. The lowest BCUT2D eigenvalue weighted by molar-refractivity contribution is -0.384. The average Bonchev–Trinajstić information content (AvgIpc) is 2.68. The molecule has 8 heteroatoms. The molecule has 7 nitrogen and oxygen atoms in total. The minimum Gasteiger partial charge on any atom is -0.462 e. The molecule has 0 spiro atoms. The summed E-state index contributed by atoms with van der Waals surface area (Å²) in [6.45, 7) is 3.52.